The summed E-state index contributed by atoms with van der Waals surface area (Å²) in [6, 6.07) is 23.1. The fraction of sp³-hybridized carbons (Fsp3) is 0.277. The Balaban J connectivity index is 1.62. The summed E-state index contributed by atoms with van der Waals surface area (Å²) in [4.78, 5) is 0. The molecule has 0 aromatic heterocycles. The van der Waals surface area contributed by atoms with Gasteiger partial charge in [-0.2, -0.15) is 0 Å². The minimum atomic E-state index is 0.798. The van der Waals surface area contributed by atoms with Gasteiger partial charge in [0.1, 0.15) is 0 Å². The molecular formula is C47H46. The first-order valence-electron chi connectivity index (χ1n) is 16.9. The summed E-state index contributed by atoms with van der Waals surface area (Å²) in [5, 5.41) is 0. The van der Waals surface area contributed by atoms with E-state index in [0.29, 0.717) is 0 Å². The molecule has 0 spiro atoms. The quantitative estimate of drug-likeness (QED) is 0.150. The summed E-state index contributed by atoms with van der Waals surface area (Å²) < 4.78 is 0. The Morgan fingerprint density at radius 3 is 0.660 bits per heavy atom. The highest BCUT2D eigenvalue weighted by molar-refractivity contribution is 5.55. The van der Waals surface area contributed by atoms with E-state index in [0.717, 1.165) is 43.2 Å². The number of hydrogen-bond acceptors (Lipinski definition) is 0. The molecule has 0 nitrogen and oxygen atoms in total. The maximum absolute atomic E-state index is 6.07. The van der Waals surface area contributed by atoms with E-state index >= 15 is 0 Å². The zero-order valence-corrected chi connectivity index (χ0v) is 29.5. The molecule has 0 saturated heterocycles. The van der Waals surface area contributed by atoms with Gasteiger partial charge in [-0.1, -0.05) is 64.9 Å². The first-order valence-corrected chi connectivity index (χ1v) is 16.9. The van der Waals surface area contributed by atoms with Crippen LogP contribution in [0.15, 0.2) is 60.7 Å². The predicted molar refractivity (Wildman–Crippen MR) is 200 cm³/mol. The molecule has 0 unspecified atom stereocenters. The molecule has 47 heavy (non-hydrogen) atoms. The maximum atomic E-state index is 6.07. The number of fused-ring (bicyclic) bond motifs is 10. The van der Waals surface area contributed by atoms with Crippen LogP contribution in [-0.4, -0.2) is 0 Å². The second kappa shape index (κ2) is 12.8. The van der Waals surface area contributed by atoms with Crippen LogP contribution in [0.4, 0.5) is 0 Å². The van der Waals surface area contributed by atoms with Crippen molar-refractivity contribution in [3.63, 3.8) is 0 Å². The zero-order valence-electron chi connectivity index (χ0n) is 29.5. The number of rotatable bonds is 0. The molecule has 6 rings (SSSR count). The molecule has 0 heterocycles. The van der Waals surface area contributed by atoms with Gasteiger partial charge >= 0.3 is 0 Å². The van der Waals surface area contributed by atoms with E-state index in [1.165, 1.54) is 100 Å². The summed E-state index contributed by atoms with van der Waals surface area (Å²) in [5.74, 6) is 5.92. The van der Waals surface area contributed by atoms with Gasteiger partial charge in [-0.3, -0.25) is 0 Å². The van der Waals surface area contributed by atoms with Gasteiger partial charge in [-0.25, -0.2) is 0 Å². The smallest absolute Gasteiger partial charge is 0.0248 e. The van der Waals surface area contributed by atoms with Crippen molar-refractivity contribution in [2.24, 2.45) is 0 Å². The maximum Gasteiger partial charge on any atom is 0.0248 e. The lowest BCUT2D eigenvalue weighted by molar-refractivity contribution is 1.01. The van der Waals surface area contributed by atoms with Crippen LogP contribution in [0, 0.1) is 80.1 Å². The lowest BCUT2D eigenvalue weighted by Gasteiger charge is -2.21. The van der Waals surface area contributed by atoms with Crippen LogP contribution < -0.4 is 0 Å². The Bertz CT molecular complexity index is 2000. The lowest BCUT2D eigenvalue weighted by Crippen LogP contribution is -2.07. The molecule has 5 aromatic carbocycles. The van der Waals surface area contributed by atoms with Crippen LogP contribution in [0.1, 0.15) is 111 Å². The summed E-state index contributed by atoms with van der Waals surface area (Å²) >= 11 is 0. The number of aryl methyl sites for hydroxylation is 3. The molecule has 0 N–H and O–H groups in total. The minimum absolute atomic E-state index is 0.798. The molecule has 10 bridgehead atoms. The van der Waals surface area contributed by atoms with Gasteiger partial charge in [-0.05, 0) is 195 Å². The van der Waals surface area contributed by atoms with Crippen LogP contribution in [0.25, 0.3) is 0 Å². The summed E-state index contributed by atoms with van der Waals surface area (Å²) in [5.41, 5.74) is 26.1. The SMILES string of the molecule is C#Cc1cc2c(C)c(c1)Cc1cc(C#C)cc(c1C)Cc1cc(C)cc(c1C)Cc1cc(C)cc(c1C)Cc1cc(C)cc(c1C)C2. The van der Waals surface area contributed by atoms with E-state index in [1.54, 1.807) is 0 Å². The van der Waals surface area contributed by atoms with Crippen molar-refractivity contribution in [3.05, 3.63) is 172 Å². The third-order valence-electron chi connectivity index (χ3n) is 10.8. The molecule has 0 amide bonds. The largest absolute Gasteiger partial charge is 0.115 e. The highest BCUT2D eigenvalue weighted by atomic mass is 14.2. The first kappa shape index (κ1) is 32.2. The van der Waals surface area contributed by atoms with Gasteiger partial charge in [0.05, 0.1) is 0 Å². The van der Waals surface area contributed by atoms with E-state index in [1.807, 2.05) is 0 Å². The Morgan fingerprint density at radius 2 is 0.489 bits per heavy atom. The van der Waals surface area contributed by atoms with E-state index in [2.05, 4.69) is 128 Å². The van der Waals surface area contributed by atoms with Crippen molar-refractivity contribution < 1.29 is 0 Å². The van der Waals surface area contributed by atoms with E-state index in [9.17, 15) is 0 Å². The third-order valence-corrected chi connectivity index (χ3v) is 10.8. The fourth-order valence-corrected chi connectivity index (χ4v) is 7.75. The number of benzene rings is 5. The number of hydrogen-bond donors (Lipinski definition) is 0. The highest BCUT2D eigenvalue weighted by Crippen LogP contribution is 2.32. The topological polar surface area (TPSA) is 0 Å². The second-order valence-electron chi connectivity index (χ2n) is 14.1. The van der Waals surface area contributed by atoms with Gasteiger partial charge < -0.3 is 0 Å². The van der Waals surface area contributed by atoms with Gasteiger partial charge in [0, 0.05) is 11.1 Å². The summed E-state index contributed by atoms with van der Waals surface area (Å²) in [6.45, 7) is 18.2. The molecule has 0 fully saturated rings. The van der Waals surface area contributed by atoms with Crippen LogP contribution in [-0.2, 0) is 32.1 Å². The van der Waals surface area contributed by atoms with Crippen molar-refractivity contribution in [1.29, 1.82) is 0 Å². The van der Waals surface area contributed by atoms with Crippen molar-refractivity contribution in [2.45, 2.75) is 87.5 Å². The molecule has 1 aliphatic carbocycles. The zero-order chi connectivity index (χ0) is 33.6. The van der Waals surface area contributed by atoms with Gasteiger partial charge in [0.15, 0.2) is 0 Å². The lowest BCUT2D eigenvalue weighted by atomic mass is 9.84. The predicted octanol–water partition coefficient (Wildman–Crippen LogP) is 10.4. The van der Waals surface area contributed by atoms with Gasteiger partial charge in [0.2, 0.25) is 0 Å². The monoisotopic (exact) mass is 610 g/mol. The number of terminal acetylenes is 2. The molecule has 0 aliphatic heterocycles. The van der Waals surface area contributed by atoms with Crippen molar-refractivity contribution in [1.82, 2.24) is 0 Å². The van der Waals surface area contributed by atoms with Gasteiger partial charge in [0.25, 0.3) is 0 Å². The molecule has 0 radical (unpaired) electrons. The van der Waals surface area contributed by atoms with Crippen molar-refractivity contribution in [2.75, 3.05) is 0 Å². The standard InChI is InChI=1S/C47H46/c1-11-36-19-44-25-42-17-29(4)15-40(32(42)7)23-38-13-28(3)14-39(31(38)6)24-41-16-30(5)18-43(33(41)8)26-45-20-37(12-2)22-47(35(45)10)27-46(21-36)34(44)9/h1-2,13-22H,23-27H2,3-10H3. The Morgan fingerprint density at radius 1 is 0.319 bits per heavy atom. The average Bonchev–Trinajstić information content (AvgIpc) is 3.02. The van der Waals surface area contributed by atoms with E-state index in [4.69, 9.17) is 12.8 Å². The molecular weight excluding hydrogens is 565 g/mol. The average molecular weight is 611 g/mol. The minimum Gasteiger partial charge on any atom is -0.115 e. The molecule has 234 valence electrons. The van der Waals surface area contributed by atoms with Crippen LogP contribution in [0.3, 0.4) is 0 Å². The Hall–Kier alpha value is -4.78. The molecule has 1 aliphatic rings. The Kier molecular flexibility index (Phi) is 8.75. The molecule has 0 atom stereocenters. The molecule has 0 heteroatoms. The van der Waals surface area contributed by atoms with Gasteiger partial charge in [-0.15, -0.1) is 12.8 Å². The first-order chi connectivity index (χ1) is 22.4. The fourth-order valence-electron chi connectivity index (χ4n) is 7.75. The van der Waals surface area contributed by atoms with Crippen LogP contribution in [0.2, 0.25) is 0 Å². The molecule has 0 saturated carbocycles. The molecule has 5 aromatic rings. The third kappa shape index (κ3) is 6.44. The summed E-state index contributed by atoms with van der Waals surface area (Å²) in [7, 11) is 0. The van der Waals surface area contributed by atoms with Crippen molar-refractivity contribution >= 4 is 0 Å². The Labute approximate surface area is 283 Å². The summed E-state index contributed by atoms with van der Waals surface area (Å²) in [6.07, 6.45) is 16.5. The van der Waals surface area contributed by atoms with Crippen LogP contribution in [0.5, 0.6) is 0 Å². The van der Waals surface area contributed by atoms with E-state index in [-0.39, 0.29) is 0 Å². The highest BCUT2D eigenvalue weighted by Gasteiger charge is 2.18. The second-order valence-corrected chi connectivity index (χ2v) is 14.1. The normalized spacial score (nSPS) is 12.6. The van der Waals surface area contributed by atoms with E-state index < -0.39 is 0 Å². The van der Waals surface area contributed by atoms with Crippen LogP contribution >= 0.6 is 0 Å². The van der Waals surface area contributed by atoms with Crippen molar-refractivity contribution in [3.8, 4) is 24.7 Å².